The Kier molecular flexibility index (Phi) is 8.31. The largest absolute Gasteiger partial charge is 0.491 e. The molecule has 0 aliphatic rings. The maximum atomic E-state index is 11.6. The highest BCUT2D eigenvalue weighted by atomic mass is 16.5. The molecule has 0 spiro atoms. The number of carbonyl (C=O) groups is 1. The summed E-state index contributed by atoms with van der Waals surface area (Å²) in [4.78, 5) is 11.6. The number of benzene rings is 2. The quantitative estimate of drug-likeness (QED) is 0.534. The van der Waals surface area contributed by atoms with E-state index in [1.807, 2.05) is 48.5 Å². The second-order valence-electron chi connectivity index (χ2n) is 5.43. The molecule has 0 aliphatic carbocycles. The van der Waals surface area contributed by atoms with Crippen molar-refractivity contribution in [3.63, 3.8) is 0 Å². The van der Waals surface area contributed by atoms with Crippen LogP contribution in [0.5, 0.6) is 11.5 Å². The Hall–Kier alpha value is -2.57. The van der Waals surface area contributed by atoms with E-state index in [1.165, 1.54) is 0 Å². The maximum absolute atomic E-state index is 11.6. The number of para-hydroxylation sites is 2. The number of hydrogen-bond donors (Lipinski definition) is 3. The maximum Gasteiger partial charge on any atom is 0.257 e. The summed E-state index contributed by atoms with van der Waals surface area (Å²) < 4.78 is 10.8. The van der Waals surface area contributed by atoms with Gasteiger partial charge in [-0.2, -0.15) is 0 Å². The SMILES string of the molecule is O=C(COc1ccccc1)NCCNCC(O)COc1ccccc1. The van der Waals surface area contributed by atoms with Crippen LogP contribution in [0.2, 0.25) is 0 Å². The van der Waals surface area contributed by atoms with E-state index in [0.717, 1.165) is 5.75 Å². The molecular formula is C19H24N2O4. The smallest absolute Gasteiger partial charge is 0.257 e. The second kappa shape index (κ2) is 11.1. The van der Waals surface area contributed by atoms with Gasteiger partial charge in [-0.1, -0.05) is 36.4 Å². The molecule has 0 saturated carbocycles. The number of aliphatic hydroxyl groups is 1. The lowest BCUT2D eigenvalue weighted by molar-refractivity contribution is -0.123. The minimum absolute atomic E-state index is 0.0163. The second-order valence-corrected chi connectivity index (χ2v) is 5.43. The van der Waals surface area contributed by atoms with Gasteiger partial charge in [-0.05, 0) is 24.3 Å². The average molecular weight is 344 g/mol. The Morgan fingerprint density at radius 3 is 2.16 bits per heavy atom. The molecule has 2 aromatic carbocycles. The van der Waals surface area contributed by atoms with Gasteiger partial charge in [0.25, 0.3) is 5.91 Å². The number of aliphatic hydroxyl groups excluding tert-OH is 1. The van der Waals surface area contributed by atoms with E-state index in [2.05, 4.69) is 10.6 Å². The van der Waals surface area contributed by atoms with E-state index in [-0.39, 0.29) is 19.1 Å². The topological polar surface area (TPSA) is 79.8 Å². The van der Waals surface area contributed by atoms with Gasteiger partial charge in [0.05, 0.1) is 0 Å². The van der Waals surface area contributed by atoms with Gasteiger partial charge >= 0.3 is 0 Å². The first kappa shape index (κ1) is 18.8. The lowest BCUT2D eigenvalue weighted by Gasteiger charge is -2.13. The van der Waals surface area contributed by atoms with Crippen molar-refractivity contribution in [3.8, 4) is 11.5 Å². The van der Waals surface area contributed by atoms with Crippen LogP contribution in [0.25, 0.3) is 0 Å². The molecule has 25 heavy (non-hydrogen) atoms. The molecule has 0 aromatic heterocycles. The number of amides is 1. The van der Waals surface area contributed by atoms with Crippen LogP contribution in [0.3, 0.4) is 0 Å². The first-order valence-electron chi connectivity index (χ1n) is 8.25. The van der Waals surface area contributed by atoms with Crippen molar-refractivity contribution >= 4 is 5.91 Å². The van der Waals surface area contributed by atoms with Crippen molar-refractivity contribution in [2.45, 2.75) is 6.10 Å². The molecule has 0 radical (unpaired) electrons. The predicted molar refractivity (Wildman–Crippen MR) is 95.8 cm³/mol. The fourth-order valence-corrected chi connectivity index (χ4v) is 2.04. The molecule has 134 valence electrons. The summed E-state index contributed by atoms with van der Waals surface area (Å²) in [5.74, 6) is 1.21. The Labute approximate surface area is 147 Å². The van der Waals surface area contributed by atoms with Gasteiger partial charge in [0.1, 0.15) is 24.2 Å². The van der Waals surface area contributed by atoms with Crippen LogP contribution in [0.15, 0.2) is 60.7 Å². The summed E-state index contributed by atoms with van der Waals surface area (Å²) in [6, 6.07) is 18.5. The minimum Gasteiger partial charge on any atom is -0.491 e. The lowest BCUT2D eigenvalue weighted by Crippen LogP contribution is -2.38. The molecule has 2 rings (SSSR count). The van der Waals surface area contributed by atoms with Gasteiger partial charge in [0.2, 0.25) is 0 Å². The summed E-state index contributed by atoms with van der Waals surface area (Å²) in [5, 5.41) is 15.6. The Balaban J connectivity index is 1.47. The zero-order valence-electron chi connectivity index (χ0n) is 14.1. The molecular weight excluding hydrogens is 320 g/mol. The van der Waals surface area contributed by atoms with Crippen molar-refractivity contribution in [1.82, 2.24) is 10.6 Å². The van der Waals surface area contributed by atoms with Crippen LogP contribution in [0, 0.1) is 0 Å². The van der Waals surface area contributed by atoms with Crippen LogP contribution in [-0.4, -0.2) is 50.0 Å². The lowest BCUT2D eigenvalue weighted by atomic mass is 10.3. The van der Waals surface area contributed by atoms with Crippen LogP contribution in [-0.2, 0) is 4.79 Å². The zero-order chi connectivity index (χ0) is 17.7. The molecule has 0 bridgehead atoms. The Morgan fingerprint density at radius 2 is 1.52 bits per heavy atom. The third-order valence-corrected chi connectivity index (χ3v) is 3.30. The molecule has 2 aromatic rings. The van der Waals surface area contributed by atoms with Gasteiger partial charge in [0.15, 0.2) is 6.61 Å². The van der Waals surface area contributed by atoms with Gasteiger partial charge < -0.3 is 25.2 Å². The van der Waals surface area contributed by atoms with Crippen LogP contribution < -0.4 is 20.1 Å². The summed E-state index contributed by atoms with van der Waals surface area (Å²) in [7, 11) is 0. The highest BCUT2D eigenvalue weighted by molar-refractivity contribution is 5.77. The molecule has 1 atom stereocenters. The van der Waals surface area contributed by atoms with Gasteiger partial charge in [-0.15, -0.1) is 0 Å². The first-order chi connectivity index (χ1) is 12.2. The van der Waals surface area contributed by atoms with E-state index in [1.54, 1.807) is 12.1 Å². The van der Waals surface area contributed by atoms with Crippen LogP contribution in [0.1, 0.15) is 0 Å². The van der Waals surface area contributed by atoms with E-state index in [0.29, 0.717) is 25.4 Å². The monoisotopic (exact) mass is 344 g/mol. The van der Waals surface area contributed by atoms with Crippen LogP contribution >= 0.6 is 0 Å². The minimum atomic E-state index is -0.614. The number of carbonyl (C=O) groups excluding carboxylic acids is 1. The summed E-state index contributed by atoms with van der Waals surface area (Å²) in [5.41, 5.74) is 0. The van der Waals surface area contributed by atoms with Crippen molar-refractivity contribution < 1.29 is 19.4 Å². The number of nitrogens with one attached hydrogen (secondary N) is 2. The summed E-state index contributed by atoms with van der Waals surface area (Å²) in [6.07, 6.45) is -0.614. The highest BCUT2D eigenvalue weighted by Gasteiger charge is 2.05. The predicted octanol–water partition coefficient (Wildman–Crippen LogP) is 1.21. The molecule has 0 saturated heterocycles. The van der Waals surface area contributed by atoms with E-state index >= 15 is 0 Å². The van der Waals surface area contributed by atoms with Gasteiger partial charge in [0, 0.05) is 19.6 Å². The molecule has 0 aliphatic heterocycles. The third kappa shape index (κ3) is 8.19. The molecule has 3 N–H and O–H groups in total. The van der Waals surface area contributed by atoms with Crippen molar-refractivity contribution in [3.05, 3.63) is 60.7 Å². The highest BCUT2D eigenvalue weighted by Crippen LogP contribution is 2.08. The third-order valence-electron chi connectivity index (χ3n) is 3.30. The first-order valence-corrected chi connectivity index (χ1v) is 8.25. The van der Waals surface area contributed by atoms with Gasteiger partial charge in [-0.3, -0.25) is 4.79 Å². The van der Waals surface area contributed by atoms with Crippen molar-refractivity contribution in [2.24, 2.45) is 0 Å². The van der Waals surface area contributed by atoms with Crippen molar-refractivity contribution in [2.75, 3.05) is 32.8 Å². The normalized spacial score (nSPS) is 11.6. The zero-order valence-corrected chi connectivity index (χ0v) is 14.1. The van der Waals surface area contributed by atoms with E-state index < -0.39 is 6.10 Å². The molecule has 0 heterocycles. The number of ether oxygens (including phenoxy) is 2. The number of hydrogen-bond acceptors (Lipinski definition) is 5. The van der Waals surface area contributed by atoms with E-state index in [4.69, 9.17) is 9.47 Å². The fourth-order valence-electron chi connectivity index (χ4n) is 2.04. The molecule has 6 nitrogen and oxygen atoms in total. The molecule has 0 fully saturated rings. The Bertz CT molecular complexity index is 607. The van der Waals surface area contributed by atoms with E-state index in [9.17, 15) is 9.90 Å². The summed E-state index contributed by atoms with van der Waals surface area (Å²) in [6.45, 7) is 1.61. The standard InChI is InChI=1S/C19H24N2O4/c22-16(14-24-17-7-3-1-4-8-17)13-20-11-12-21-19(23)15-25-18-9-5-2-6-10-18/h1-10,16,20,22H,11-15H2,(H,21,23). The molecule has 6 heteroatoms. The fraction of sp³-hybridized carbons (Fsp3) is 0.316. The summed E-state index contributed by atoms with van der Waals surface area (Å²) >= 11 is 0. The van der Waals surface area contributed by atoms with Gasteiger partial charge in [-0.25, -0.2) is 0 Å². The Morgan fingerprint density at radius 1 is 0.920 bits per heavy atom. The molecule has 1 amide bonds. The number of rotatable bonds is 11. The van der Waals surface area contributed by atoms with Crippen molar-refractivity contribution in [1.29, 1.82) is 0 Å². The van der Waals surface area contributed by atoms with Crippen LogP contribution in [0.4, 0.5) is 0 Å². The average Bonchev–Trinajstić information content (AvgIpc) is 2.66. The molecule has 1 unspecified atom stereocenters.